The molecule has 1 aromatic carbocycles. The standard InChI is InChI=1S/C13H14BrN3/c14-10-1-3-11(4-2-10)16-8-13-7-15-9-17(13)12-5-6-12/h1-4,7,9,12,16H,5-6,8H2. The maximum absolute atomic E-state index is 4.23. The Hall–Kier alpha value is -1.29. The van der Waals surface area contributed by atoms with Crippen LogP contribution < -0.4 is 5.32 Å². The van der Waals surface area contributed by atoms with E-state index >= 15 is 0 Å². The van der Waals surface area contributed by atoms with Crippen LogP contribution in [0.1, 0.15) is 24.6 Å². The van der Waals surface area contributed by atoms with Crippen LogP contribution in [0.5, 0.6) is 0 Å². The summed E-state index contributed by atoms with van der Waals surface area (Å²) >= 11 is 3.43. The molecule has 1 saturated carbocycles. The summed E-state index contributed by atoms with van der Waals surface area (Å²) in [7, 11) is 0. The van der Waals surface area contributed by atoms with Crippen molar-refractivity contribution in [3.05, 3.63) is 47.0 Å². The first-order chi connectivity index (χ1) is 8.33. The number of benzene rings is 1. The van der Waals surface area contributed by atoms with Crippen LogP contribution in [0, 0.1) is 0 Å². The molecule has 3 rings (SSSR count). The fraction of sp³-hybridized carbons (Fsp3) is 0.308. The van der Waals surface area contributed by atoms with Gasteiger partial charge < -0.3 is 9.88 Å². The molecule has 1 aliphatic carbocycles. The molecule has 0 spiro atoms. The van der Waals surface area contributed by atoms with Crippen molar-refractivity contribution >= 4 is 21.6 Å². The molecule has 88 valence electrons. The van der Waals surface area contributed by atoms with Gasteiger partial charge in [0.15, 0.2) is 0 Å². The average molecular weight is 292 g/mol. The number of nitrogens with one attached hydrogen (secondary N) is 1. The lowest BCUT2D eigenvalue weighted by molar-refractivity contribution is 0.701. The highest BCUT2D eigenvalue weighted by atomic mass is 79.9. The van der Waals surface area contributed by atoms with E-state index in [2.05, 4.69) is 42.9 Å². The van der Waals surface area contributed by atoms with E-state index in [1.807, 2.05) is 24.7 Å². The minimum absolute atomic E-state index is 0.694. The lowest BCUT2D eigenvalue weighted by Gasteiger charge is -2.09. The molecular weight excluding hydrogens is 278 g/mol. The maximum atomic E-state index is 4.23. The summed E-state index contributed by atoms with van der Waals surface area (Å²) in [5, 5.41) is 3.42. The van der Waals surface area contributed by atoms with Crippen LogP contribution in [0.2, 0.25) is 0 Å². The topological polar surface area (TPSA) is 29.9 Å². The molecule has 0 unspecified atom stereocenters. The van der Waals surface area contributed by atoms with Gasteiger partial charge in [-0.15, -0.1) is 0 Å². The van der Waals surface area contributed by atoms with Gasteiger partial charge in [0.25, 0.3) is 0 Å². The summed E-state index contributed by atoms with van der Waals surface area (Å²) in [6, 6.07) is 8.92. The number of imidazole rings is 1. The van der Waals surface area contributed by atoms with Crippen LogP contribution in [0.3, 0.4) is 0 Å². The molecular formula is C13H14BrN3. The number of halogens is 1. The highest BCUT2D eigenvalue weighted by Gasteiger charge is 2.24. The molecule has 0 radical (unpaired) electrons. The van der Waals surface area contributed by atoms with Crippen LogP contribution in [-0.4, -0.2) is 9.55 Å². The Morgan fingerprint density at radius 1 is 1.29 bits per heavy atom. The fourth-order valence-electron chi connectivity index (χ4n) is 1.91. The average Bonchev–Trinajstić information content (AvgIpc) is 3.08. The monoisotopic (exact) mass is 291 g/mol. The Kier molecular flexibility index (Phi) is 2.89. The molecule has 0 atom stereocenters. The minimum Gasteiger partial charge on any atom is -0.379 e. The van der Waals surface area contributed by atoms with Gasteiger partial charge in [-0.2, -0.15) is 0 Å². The van der Waals surface area contributed by atoms with Gasteiger partial charge in [0.05, 0.1) is 18.6 Å². The summed E-state index contributed by atoms with van der Waals surface area (Å²) in [4.78, 5) is 4.23. The van der Waals surface area contributed by atoms with Crippen molar-refractivity contribution in [1.29, 1.82) is 0 Å². The molecule has 0 amide bonds. The Labute approximate surface area is 109 Å². The maximum Gasteiger partial charge on any atom is 0.0951 e. The minimum atomic E-state index is 0.694. The molecule has 0 aliphatic heterocycles. The van der Waals surface area contributed by atoms with Gasteiger partial charge in [0.2, 0.25) is 0 Å². The summed E-state index contributed by atoms with van der Waals surface area (Å²) in [5.41, 5.74) is 2.40. The molecule has 1 aliphatic rings. The highest BCUT2D eigenvalue weighted by molar-refractivity contribution is 9.10. The van der Waals surface area contributed by atoms with Crippen molar-refractivity contribution in [2.24, 2.45) is 0 Å². The molecule has 1 N–H and O–H groups in total. The molecule has 1 heterocycles. The van der Waals surface area contributed by atoms with Crippen molar-refractivity contribution in [3.8, 4) is 0 Å². The highest BCUT2D eigenvalue weighted by Crippen LogP contribution is 2.35. The Morgan fingerprint density at radius 2 is 2.06 bits per heavy atom. The van der Waals surface area contributed by atoms with Crippen molar-refractivity contribution in [2.75, 3.05) is 5.32 Å². The third-order valence-corrected chi connectivity index (χ3v) is 3.53. The lowest BCUT2D eigenvalue weighted by Crippen LogP contribution is -2.05. The second-order valence-electron chi connectivity index (χ2n) is 4.38. The van der Waals surface area contributed by atoms with Crippen LogP contribution in [0.15, 0.2) is 41.3 Å². The Morgan fingerprint density at radius 3 is 2.76 bits per heavy atom. The van der Waals surface area contributed by atoms with Gasteiger partial charge in [0, 0.05) is 22.4 Å². The first-order valence-electron chi connectivity index (χ1n) is 5.83. The van der Waals surface area contributed by atoms with Gasteiger partial charge in [-0.1, -0.05) is 15.9 Å². The van der Waals surface area contributed by atoms with Crippen molar-refractivity contribution < 1.29 is 0 Å². The van der Waals surface area contributed by atoms with E-state index in [9.17, 15) is 0 Å². The van der Waals surface area contributed by atoms with Crippen LogP contribution >= 0.6 is 15.9 Å². The largest absolute Gasteiger partial charge is 0.379 e. The van der Waals surface area contributed by atoms with Crippen LogP contribution in [0.4, 0.5) is 5.69 Å². The first kappa shape index (κ1) is 10.8. The second-order valence-corrected chi connectivity index (χ2v) is 5.30. The third kappa shape index (κ3) is 2.52. The van der Waals surface area contributed by atoms with Crippen LogP contribution in [-0.2, 0) is 6.54 Å². The van der Waals surface area contributed by atoms with E-state index < -0.39 is 0 Å². The zero-order valence-corrected chi connectivity index (χ0v) is 11.0. The molecule has 3 nitrogen and oxygen atoms in total. The van der Waals surface area contributed by atoms with Crippen LogP contribution in [0.25, 0.3) is 0 Å². The Balaban J connectivity index is 1.67. The zero-order chi connectivity index (χ0) is 11.7. The van der Waals surface area contributed by atoms with Gasteiger partial charge >= 0.3 is 0 Å². The summed E-state index contributed by atoms with van der Waals surface area (Å²) in [6.07, 6.45) is 6.48. The van der Waals surface area contributed by atoms with E-state index in [4.69, 9.17) is 0 Å². The van der Waals surface area contributed by atoms with E-state index in [0.29, 0.717) is 6.04 Å². The fourth-order valence-corrected chi connectivity index (χ4v) is 2.18. The Bertz CT molecular complexity index is 500. The molecule has 17 heavy (non-hydrogen) atoms. The predicted octanol–water partition coefficient (Wildman–Crippen LogP) is 3.59. The normalized spacial score (nSPS) is 14.9. The molecule has 0 bridgehead atoms. The second kappa shape index (κ2) is 4.53. The van der Waals surface area contributed by atoms with Gasteiger partial charge in [-0.3, -0.25) is 0 Å². The number of hydrogen-bond acceptors (Lipinski definition) is 2. The number of hydrogen-bond donors (Lipinski definition) is 1. The first-order valence-corrected chi connectivity index (χ1v) is 6.62. The van der Waals surface area contributed by atoms with Gasteiger partial charge in [0.1, 0.15) is 0 Å². The summed E-state index contributed by atoms with van der Waals surface area (Å²) in [6.45, 7) is 0.831. The van der Waals surface area contributed by atoms with E-state index in [0.717, 1.165) is 16.7 Å². The van der Waals surface area contributed by atoms with Crippen molar-refractivity contribution in [2.45, 2.75) is 25.4 Å². The van der Waals surface area contributed by atoms with E-state index in [1.165, 1.54) is 18.5 Å². The van der Waals surface area contributed by atoms with Crippen molar-refractivity contribution in [3.63, 3.8) is 0 Å². The predicted molar refractivity (Wildman–Crippen MR) is 72.0 cm³/mol. The SMILES string of the molecule is Brc1ccc(NCc2cncn2C2CC2)cc1. The molecule has 2 aromatic rings. The zero-order valence-electron chi connectivity index (χ0n) is 9.44. The quantitative estimate of drug-likeness (QED) is 0.933. The number of rotatable bonds is 4. The number of aromatic nitrogens is 2. The van der Waals surface area contributed by atoms with Crippen molar-refractivity contribution in [1.82, 2.24) is 9.55 Å². The van der Waals surface area contributed by atoms with E-state index in [1.54, 1.807) is 0 Å². The van der Waals surface area contributed by atoms with Gasteiger partial charge in [-0.25, -0.2) is 4.98 Å². The molecule has 0 saturated heterocycles. The molecule has 1 aromatic heterocycles. The van der Waals surface area contributed by atoms with E-state index in [-0.39, 0.29) is 0 Å². The third-order valence-electron chi connectivity index (χ3n) is 3.00. The smallest absolute Gasteiger partial charge is 0.0951 e. The number of nitrogens with zero attached hydrogens (tertiary/aromatic N) is 2. The molecule has 4 heteroatoms. The summed E-state index contributed by atoms with van der Waals surface area (Å²) in [5.74, 6) is 0. The van der Waals surface area contributed by atoms with Gasteiger partial charge in [-0.05, 0) is 37.1 Å². The lowest BCUT2D eigenvalue weighted by atomic mass is 10.3. The summed E-state index contributed by atoms with van der Waals surface area (Å²) < 4.78 is 3.39. The number of anilines is 1. The molecule has 1 fully saturated rings.